The minimum atomic E-state index is 0.410. The molecule has 0 heterocycles. The van der Waals surface area contributed by atoms with E-state index in [0.29, 0.717) is 5.41 Å². The Morgan fingerprint density at radius 2 is 1.73 bits per heavy atom. The molecule has 11 heavy (non-hydrogen) atoms. The predicted octanol–water partition coefficient (Wildman–Crippen LogP) is 2.61. The van der Waals surface area contributed by atoms with Gasteiger partial charge in [0.05, 0.1) is 0 Å². The molecule has 1 atom stereocenters. The Morgan fingerprint density at radius 3 is 1.82 bits per heavy atom. The minimum absolute atomic E-state index is 0.410. The lowest BCUT2D eigenvalue weighted by atomic mass is 9.82. The molecule has 1 nitrogen and oxygen atoms in total. The highest BCUT2D eigenvalue weighted by atomic mass is 79.9. The molecular weight excluding hydrogens is 202 g/mol. The van der Waals surface area contributed by atoms with E-state index < -0.39 is 0 Å². The SMILES string of the molecule is CN(C)CC(CBr)C(C)(C)C. The summed E-state index contributed by atoms with van der Waals surface area (Å²) in [6.07, 6.45) is 0. The van der Waals surface area contributed by atoms with Gasteiger partial charge >= 0.3 is 0 Å². The Hall–Kier alpha value is 0.440. The molecule has 0 aromatic rings. The Labute approximate surface area is 79.3 Å². The van der Waals surface area contributed by atoms with E-state index in [1.807, 2.05) is 0 Å². The van der Waals surface area contributed by atoms with Crippen molar-refractivity contribution in [3.8, 4) is 0 Å². The van der Waals surface area contributed by atoms with Crippen LogP contribution in [0.25, 0.3) is 0 Å². The zero-order valence-electron chi connectivity index (χ0n) is 8.32. The molecule has 0 spiro atoms. The van der Waals surface area contributed by atoms with Crippen LogP contribution in [0.5, 0.6) is 0 Å². The first-order chi connectivity index (χ1) is 4.88. The van der Waals surface area contributed by atoms with Crippen molar-refractivity contribution in [3.05, 3.63) is 0 Å². The third-order valence-corrected chi connectivity index (χ3v) is 2.78. The maximum atomic E-state index is 3.55. The Morgan fingerprint density at radius 1 is 1.27 bits per heavy atom. The van der Waals surface area contributed by atoms with Gasteiger partial charge in [-0.05, 0) is 25.4 Å². The summed E-state index contributed by atoms with van der Waals surface area (Å²) in [4.78, 5) is 2.25. The van der Waals surface area contributed by atoms with E-state index in [4.69, 9.17) is 0 Å². The Bertz CT molecular complexity index is 105. The van der Waals surface area contributed by atoms with Gasteiger partial charge in [-0.2, -0.15) is 0 Å². The molecule has 0 aliphatic rings. The van der Waals surface area contributed by atoms with Crippen LogP contribution >= 0.6 is 15.9 Å². The molecule has 68 valence electrons. The van der Waals surface area contributed by atoms with Crippen LogP contribution in [0.1, 0.15) is 20.8 Å². The van der Waals surface area contributed by atoms with Gasteiger partial charge in [-0.1, -0.05) is 36.7 Å². The number of hydrogen-bond donors (Lipinski definition) is 0. The van der Waals surface area contributed by atoms with E-state index in [0.717, 1.165) is 17.8 Å². The highest BCUT2D eigenvalue weighted by Crippen LogP contribution is 2.27. The van der Waals surface area contributed by atoms with Crippen LogP contribution in [0, 0.1) is 11.3 Å². The summed E-state index contributed by atoms with van der Waals surface area (Å²) in [5, 5.41) is 1.09. The van der Waals surface area contributed by atoms with Gasteiger partial charge in [0, 0.05) is 11.9 Å². The van der Waals surface area contributed by atoms with Crippen molar-refractivity contribution in [3.63, 3.8) is 0 Å². The first-order valence-corrected chi connectivity index (χ1v) is 5.20. The van der Waals surface area contributed by atoms with Gasteiger partial charge in [-0.15, -0.1) is 0 Å². The van der Waals surface area contributed by atoms with Crippen LogP contribution in [0.2, 0.25) is 0 Å². The van der Waals surface area contributed by atoms with Crippen LogP contribution in [0.15, 0.2) is 0 Å². The molecular formula is C9H20BrN. The van der Waals surface area contributed by atoms with E-state index in [1.165, 1.54) is 0 Å². The highest BCUT2D eigenvalue weighted by Gasteiger charge is 2.23. The van der Waals surface area contributed by atoms with E-state index in [9.17, 15) is 0 Å². The van der Waals surface area contributed by atoms with E-state index in [-0.39, 0.29) is 0 Å². The Kier molecular flexibility index (Phi) is 4.64. The van der Waals surface area contributed by atoms with Crippen molar-refractivity contribution in [1.29, 1.82) is 0 Å². The number of alkyl halides is 1. The zero-order valence-corrected chi connectivity index (χ0v) is 9.90. The fourth-order valence-corrected chi connectivity index (χ4v) is 2.17. The predicted molar refractivity (Wildman–Crippen MR) is 55.3 cm³/mol. The third kappa shape index (κ3) is 4.81. The van der Waals surface area contributed by atoms with Gasteiger partial charge in [0.2, 0.25) is 0 Å². The first kappa shape index (κ1) is 11.4. The average Bonchev–Trinajstić information content (AvgIpc) is 1.79. The van der Waals surface area contributed by atoms with Gasteiger partial charge in [-0.25, -0.2) is 0 Å². The maximum absolute atomic E-state index is 3.55. The molecule has 0 aliphatic heterocycles. The second-order valence-electron chi connectivity index (χ2n) is 4.48. The van der Waals surface area contributed by atoms with Crippen molar-refractivity contribution in [1.82, 2.24) is 4.90 Å². The molecule has 0 saturated carbocycles. The van der Waals surface area contributed by atoms with Crippen LogP contribution in [0.4, 0.5) is 0 Å². The van der Waals surface area contributed by atoms with Crippen LogP contribution < -0.4 is 0 Å². The number of halogens is 1. The lowest BCUT2D eigenvalue weighted by Crippen LogP contribution is -2.32. The zero-order chi connectivity index (χ0) is 9.07. The largest absolute Gasteiger partial charge is 0.309 e. The number of hydrogen-bond acceptors (Lipinski definition) is 1. The summed E-state index contributed by atoms with van der Waals surface area (Å²) in [7, 11) is 4.25. The average molecular weight is 222 g/mol. The lowest BCUT2D eigenvalue weighted by Gasteiger charge is -2.31. The fraction of sp³-hybridized carbons (Fsp3) is 1.00. The monoisotopic (exact) mass is 221 g/mol. The van der Waals surface area contributed by atoms with Crippen LogP contribution in [0.3, 0.4) is 0 Å². The molecule has 0 radical (unpaired) electrons. The maximum Gasteiger partial charge on any atom is 0.00768 e. The fourth-order valence-electron chi connectivity index (χ4n) is 0.995. The van der Waals surface area contributed by atoms with Gasteiger partial charge < -0.3 is 4.90 Å². The summed E-state index contributed by atoms with van der Waals surface area (Å²) in [5.74, 6) is 0.734. The van der Waals surface area contributed by atoms with Gasteiger partial charge in [0.1, 0.15) is 0 Å². The molecule has 0 rings (SSSR count). The second-order valence-corrected chi connectivity index (χ2v) is 5.13. The van der Waals surface area contributed by atoms with Crippen LogP contribution in [-0.4, -0.2) is 30.9 Å². The molecule has 0 aromatic carbocycles. The molecule has 2 heteroatoms. The van der Waals surface area contributed by atoms with E-state index in [1.54, 1.807) is 0 Å². The smallest absolute Gasteiger partial charge is 0.00768 e. The summed E-state index contributed by atoms with van der Waals surface area (Å²) in [6.45, 7) is 8.04. The molecule has 0 saturated heterocycles. The summed E-state index contributed by atoms with van der Waals surface area (Å²) in [5.41, 5.74) is 0.410. The van der Waals surface area contributed by atoms with Crippen molar-refractivity contribution in [2.75, 3.05) is 26.0 Å². The first-order valence-electron chi connectivity index (χ1n) is 4.08. The molecule has 1 unspecified atom stereocenters. The molecule has 0 N–H and O–H groups in total. The number of nitrogens with zero attached hydrogens (tertiary/aromatic N) is 1. The highest BCUT2D eigenvalue weighted by molar-refractivity contribution is 9.09. The standard InChI is InChI=1S/C9H20BrN/c1-9(2,3)8(6-10)7-11(4)5/h8H,6-7H2,1-5H3. The lowest BCUT2D eigenvalue weighted by molar-refractivity contribution is 0.207. The van der Waals surface area contributed by atoms with Crippen molar-refractivity contribution < 1.29 is 0 Å². The van der Waals surface area contributed by atoms with E-state index in [2.05, 4.69) is 55.7 Å². The summed E-state index contributed by atoms with van der Waals surface area (Å²) < 4.78 is 0. The van der Waals surface area contributed by atoms with Crippen molar-refractivity contribution in [2.45, 2.75) is 20.8 Å². The third-order valence-electron chi connectivity index (χ3n) is 2.00. The Balaban J connectivity index is 3.96. The van der Waals surface area contributed by atoms with Gasteiger partial charge in [-0.3, -0.25) is 0 Å². The number of rotatable bonds is 3. The van der Waals surface area contributed by atoms with E-state index >= 15 is 0 Å². The van der Waals surface area contributed by atoms with Gasteiger partial charge in [0.15, 0.2) is 0 Å². The molecule has 0 fully saturated rings. The summed E-state index contributed by atoms with van der Waals surface area (Å²) >= 11 is 3.55. The molecule has 0 aliphatic carbocycles. The molecule has 0 bridgehead atoms. The summed E-state index contributed by atoms with van der Waals surface area (Å²) in [6, 6.07) is 0. The van der Waals surface area contributed by atoms with Gasteiger partial charge in [0.25, 0.3) is 0 Å². The second kappa shape index (κ2) is 4.46. The molecule has 0 aromatic heterocycles. The normalized spacial score (nSPS) is 15.5. The van der Waals surface area contributed by atoms with Crippen LogP contribution in [-0.2, 0) is 0 Å². The molecule has 0 amide bonds. The topological polar surface area (TPSA) is 3.24 Å². The quantitative estimate of drug-likeness (QED) is 0.663. The minimum Gasteiger partial charge on any atom is -0.309 e. The van der Waals surface area contributed by atoms with Crippen molar-refractivity contribution in [2.24, 2.45) is 11.3 Å². The van der Waals surface area contributed by atoms with Crippen molar-refractivity contribution >= 4 is 15.9 Å².